The molecule has 19 heavy (non-hydrogen) atoms. The van der Waals surface area contributed by atoms with E-state index >= 15 is 0 Å². The molecule has 1 atom stereocenters. The molecule has 102 valence electrons. The Morgan fingerprint density at radius 3 is 2.37 bits per heavy atom. The number of halogens is 3. The minimum atomic E-state index is -1.03. The molecule has 1 aliphatic carbocycles. The van der Waals surface area contributed by atoms with Crippen LogP contribution in [0, 0.1) is 5.41 Å². The normalized spacial score (nSPS) is 23.8. The Bertz CT molecular complexity index is 574. The van der Waals surface area contributed by atoms with Crippen LogP contribution in [0.4, 0.5) is 5.69 Å². The quantitative estimate of drug-likeness (QED) is 0.840. The van der Waals surface area contributed by atoms with E-state index in [1.54, 1.807) is 13.0 Å². The molecule has 7 heteroatoms. The van der Waals surface area contributed by atoms with Gasteiger partial charge in [-0.1, -0.05) is 11.6 Å². The monoisotopic (exact) mass is 320 g/mol. The van der Waals surface area contributed by atoms with Crippen molar-refractivity contribution >= 4 is 52.3 Å². The summed E-state index contributed by atoms with van der Waals surface area (Å²) in [6.07, 6.45) is 0.391. The average molecular weight is 322 g/mol. The highest BCUT2D eigenvalue weighted by Gasteiger charge is 2.67. The maximum atomic E-state index is 12.0. The molecule has 1 saturated carbocycles. The first-order chi connectivity index (χ1) is 8.67. The van der Waals surface area contributed by atoms with Crippen LogP contribution in [0.5, 0.6) is 0 Å². The maximum Gasteiger partial charge on any atom is 0.250 e. The zero-order valence-corrected chi connectivity index (χ0v) is 12.2. The molecular weight excluding hydrogens is 311 g/mol. The number of primary amides is 1. The fraction of sp³-hybridized carbons (Fsp3) is 0.333. The molecule has 0 saturated heterocycles. The lowest BCUT2D eigenvalue weighted by atomic mass is 10.1. The summed E-state index contributed by atoms with van der Waals surface area (Å²) in [5, 5.41) is 2.84. The smallest absolute Gasteiger partial charge is 0.250 e. The van der Waals surface area contributed by atoms with Crippen LogP contribution in [0.2, 0.25) is 5.02 Å². The number of anilines is 1. The second-order valence-corrected chi connectivity index (χ2v) is 6.62. The highest BCUT2D eigenvalue weighted by molar-refractivity contribution is 6.53. The predicted molar refractivity (Wildman–Crippen MR) is 75.8 cm³/mol. The van der Waals surface area contributed by atoms with Gasteiger partial charge in [0, 0.05) is 5.69 Å². The van der Waals surface area contributed by atoms with Gasteiger partial charge in [-0.05, 0) is 31.5 Å². The third kappa shape index (κ3) is 2.53. The van der Waals surface area contributed by atoms with Crippen molar-refractivity contribution in [2.45, 2.75) is 17.7 Å². The third-order valence-electron chi connectivity index (χ3n) is 3.25. The van der Waals surface area contributed by atoms with Crippen molar-refractivity contribution in [2.24, 2.45) is 11.1 Å². The highest BCUT2D eigenvalue weighted by Crippen LogP contribution is 2.64. The Hall–Kier alpha value is -0.970. The van der Waals surface area contributed by atoms with Crippen molar-refractivity contribution in [1.29, 1.82) is 0 Å². The minimum absolute atomic E-state index is 0.175. The molecule has 1 aliphatic rings. The van der Waals surface area contributed by atoms with Crippen LogP contribution in [0.25, 0.3) is 0 Å². The van der Waals surface area contributed by atoms with Gasteiger partial charge in [-0.2, -0.15) is 0 Å². The molecule has 1 aromatic rings. The van der Waals surface area contributed by atoms with Crippen LogP contribution in [0.15, 0.2) is 18.2 Å². The third-order valence-corrected chi connectivity index (χ3v) is 4.67. The van der Waals surface area contributed by atoms with Gasteiger partial charge >= 0.3 is 0 Å². The van der Waals surface area contributed by atoms with E-state index in [9.17, 15) is 9.59 Å². The second kappa shape index (κ2) is 4.54. The summed E-state index contributed by atoms with van der Waals surface area (Å²) in [7, 11) is 0. The Balaban J connectivity index is 2.15. The van der Waals surface area contributed by atoms with Gasteiger partial charge in [-0.15, -0.1) is 23.2 Å². The second-order valence-electron chi connectivity index (χ2n) is 4.73. The number of carbonyl (C=O) groups excluding carboxylic acids is 2. The van der Waals surface area contributed by atoms with Gasteiger partial charge in [0.25, 0.3) is 0 Å². The zero-order chi connectivity index (χ0) is 14.4. The van der Waals surface area contributed by atoms with Crippen molar-refractivity contribution in [3.8, 4) is 0 Å². The van der Waals surface area contributed by atoms with Crippen LogP contribution in [-0.4, -0.2) is 16.1 Å². The number of hydrogen-bond donors (Lipinski definition) is 2. The van der Waals surface area contributed by atoms with E-state index in [-0.39, 0.29) is 16.5 Å². The molecule has 0 heterocycles. The zero-order valence-electron chi connectivity index (χ0n) is 9.97. The van der Waals surface area contributed by atoms with Crippen molar-refractivity contribution in [3.63, 3.8) is 0 Å². The van der Waals surface area contributed by atoms with E-state index in [0.717, 1.165) is 0 Å². The van der Waals surface area contributed by atoms with Gasteiger partial charge in [0.2, 0.25) is 11.8 Å². The average Bonchev–Trinajstić information content (AvgIpc) is 2.79. The van der Waals surface area contributed by atoms with Crippen LogP contribution in [-0.2, 0) is 4.79 Å². The van der Waals surface area contributed by atoms with E-state index in [4.69, 9.17) is 40.5 Å². The number of benzene rings is 1. The summed E-state index contributed by atoms with van der Waals surface area (Å²) in [5.74, 6) is -0.919. The van der Waals surface area contributed by atoms with Crippen molar-refractivity contribution in [1.82, 2.24) is 0 Å². The largest absolute Gasteiger partial charge is 0.366 e. The van der Waals surface area contributed by atoms with Gasteiger partial charge in [-0.25, -0.2) is 0 Å². The van der Waals surface area contributed by atoms with Crippen LogP contribution in [0.1, 0.15) is 23.7 Å². The fourth-order valence-electron chi connectivity index (χ4n) is 1.71. The fourth-order valence-corrected chi connectivity index (χ4v) is 2.69. The van der Waals surface area contributed by atoms with E-state index < -0.39 is 15.7 Å². The first-order valence-electron chi connectivity index (χ1n) is 5.46. The number of rotatable bonds is 3. The molecule has 1 aromatic carbocycles. The first-order valence-corrected chi connectivity index (χ1v) is 6.59. The lowest BCUT2D eigenvalue weighted by molar-refractivity contribution is -0.120. The topological polar surface area (TPSA) is 72.2 Å². The van der Waals surface area contributed by atoms with Crippen LogP contribution >= 0.6 is 34.8 Å². The number of carbonyl (C=O) groups is 2. The number of nitrogens with two attached hydrogens (primary N) is 1. The summed E-state index contributed by atoms with van der Waals surface area (Å²) in [6.45, 7) is 1.68. The van der Waals surface area contributed by atoms with Gasteiger partial charge in [0.15, 0.2) is 0 Å². The first kappa shape index (κ1) is 14.4. The standard InChI is InChI=1S/C12H11Cl3N2O2/c1-11(5-12(11,14)15)10(19)17-6-2-3-7(9(16)18)8(13)4-6/h2-4H,5H2,1H3,(H2,16,18)(H,17,19)/t11-/m0/s1. The van der Waals surface area contributed by atoms with E-state index in [2.05, 4.69) is 5.32 Å². The number of alkyl halides is 2. The van der Waals surface area contributed by atoms with Gasteiger partial charge in [-0.3, -0.25) is 9.59 Å². The van der Waals surface area contributed by atoms with E-state index in [0.29, 0.717) is 12.1 Å². The molecule has 0 bridgehead atoms. The SMILES string of the molecule is C[C@@]1(C(=O)Nc2ccc(C(N)=O)c(Cl)c2)CC1(Cl)Cl. The maximum absolute atomic E-state index is 12.0. The predicted octanol–water partition coefficient (Wildman–Crippen LogP) is 2.96. The number of amides is 2. The molecule has 0 aliphatic heterocycles. The molecule has 3 N–H and O–H groups in total. The Labute approximate surface area is 125 Å². The van der Waals surface area contributed by atoms with Gasteiger partial charge < -0.3 is 11.1 Å². The summed E-state index contributed by atoms with van der Waals surface area (Å²) >= 11 is 17.7. The van der Waals surface area contributed by atoms with Gasteiger partial charge in [0.05, 0.1) is 16.0 Å². The van der Waals surface area contributed by atoms with Crippen molar-refractivity contribution in [3.05, 3.63) is 28.8 Å². The molecule has 0 radical (unpaired) electrons. The summed E-state index contributed by atoms with van der Waals surface area (Å²) < 4.78 is -1.03. The summed E-state index contributed by atoms with van der Waals surface area (Å²) in [6, 6.07) is 4.44. The molecule has 2 rings (SSSR count). The summed E-state index contributed by atoms with van der Waals surface area (Å²) in [4.78, 5) is 23.1. The number of nitrogens with one attached hydrogen (secondary N) is 1. The van der Waals surface area contributed by atoms with E-state index in [1.807, 2.05) is 0 Å². The molecule has 0 aromatic heterocycles. The molecule has 0 unspecified atom stereocenters. The highest BCUT2D eigenvalue weighted by atomic mass is 35.5. The van der Waals surface area contributed by atoms with Crippen LogP contribution < -0.4 is 11.1 Å². The Kier molecular flexibility index (Phi) is 3.45. The Morgan fingerprint density at radius 1 is 1.37 bits per heavy atom. The van der Waals surface area contributed by atoms with Crippen LogP contribution in [0.3, 0.4) is 0 Å². The van der Waals surface area contributed by atoms with E-state index in [1.165, 1.54) is 12.1 Å². The van der Waals surface area contributed by atoms with Gasteiger partial charge in [0.1, 0.15) is 4.33 Å². The van der Waals surface area contributed by atoms with Crippen molar-refractivity contribution < 1.29 is 9.59 Å². The Morgan fingerprint density at radius 2 is 1.95 bits per heavy atom. The summed E-state index contributed by atoms with van der Waals surface area (Å²) in [5.41, 5.74) is 4.97. The molecule has 1 fully saturated rings. The van der Waals surface area contributed by atoms with Crippen molar-refractivity contribution in [2.75, 3.05) is 5.32 Å². The molecule has 2 amide bonds. The minimum Gasteiger partial charge on any atom is -0.366 e. The molecule has 0 spiro atoms. The molecular formula is C12H11Cl3N2O2. The lowest BCUT2D eigenvalue weighted by Crippen LogP contribution is -2.26. The number of hydrogen-bond acceptors (Lipinski definition) is 2. The lowest BCUT2D eigenvalue weighted by Gasteiger charge is -2.13. The molecule has 4 nitrogen and oxygen atoms in total.